The molecule has 3 heterocycles. The number of hydrogen-bond acceptors (Lipinski definition) is 2. The molecular weight excluding hydrogens is 633 g/mol. The van der Waals surface area contributed by atoms with Gasteiger partial charge < -0.3 is 14.3 Å². The van der Waals surface area contributed by atoms with Crippen LogP contribution >= 0.6 is 0 Å². The number of rotatable bonds is 4. The molecule has 1 unspecified atom stereocenters. The Bertz CT molecular complexity index is 2990. The van der Waals surface area contributed by atoms with Crippen LogP contribution in [0, 0.1) is 0 Å². The van der Waals surface area contributed by atoms with Crippen LogP contribution in [0.5, 0.6) is 0 Å². The number of fused-ring (bicyclic) bond motifs is 10. The van der Waals surface area contributed by atoms with Crippen molar-refractivity contribution in [3.05, 3.63) is 199 Å². The molecule has 0 aliphatic carbocycles. The molecule has 0 radical (unpaired) electrons. The largest absolute Gasteiger partial charge is 0.455 e. The minimum Gasteiger partial charge on any atom is -0.455 e. The fourth-order valence-electron chi connectivity index (χ4n) is 8.40. The zero-order chi connectivity index (χ0) is 34.2. The van der Waals surface area contributed by atoms with Crippen molar-refractivity contribution < 1.29 is 4.42 Å². The van der Waals surface area contributed by atoms with Gasteiger partial charge in [0.2, 0.25) is 0 Å². The summed E-state index contributed by atoms with van der Waals surface area (Å²) >= 11 is 0. The van der Waals surface area contributed by atoms with E-state index in [1.54, 1.807) is 0 Å². The first-order valence-corrected chi connectivity index (χ1v) is 17.9. The van der Waals surface area contributed by atoms with E-state index in [1.165, 1.54) is 54.5 Å². The summed E-state index contributed by atoms with van der Waals surface area (Å²) in [6.07, 6.45) is 4.61. The predicted octanol–water partition coefficient (Wildman–Crippen LogP) is 12.8. The number of aromatic nitrogens is 1. The van der Waals surface area contributed by atoms with Crippen LogP contribution in [0.4, 0.5) is 0 Å². The summed E-state index contributed by atoms with van der Waals surface area (Å²) in [5, 5.41) is 13.8. The SMILES string of the molecule is C1=C(c2ccc(-n3c4ccc5ccccc5c4c4c5ccccc5ccc43)cc2)C=C(c2cccc3c2oc2ccccc23)NC1c1ccccc1. The summed E-state index contributed by atoms with van der Waals surface area (Å²) in [7, 11) is 0. The van der Waals surface area contributed by atoms with Crippen LogP contribution in [0.15, 0.2) is 186 Å². The van der Waals surface area contributed by atoms with E-state index in [-0.39, 0.29) is 6.04 Å². The van der Waals surface area contributed by atoms with Gasteiger partial charge in [0.1, 0.15) is 11.2 Å². The van der Waals surface area contributed by atoms with E-state index in [0.717, 1.165) is 44.4 Å². The number of para-hydroxylation sites is 2. The Morgan fingerprint density at radius 3 is 1.83 bits per heavy atom. The lowest BCUT2D eigenvalue weighted by Gasteiger charge is -2.26. The zero-order valence-corrected chi connectivity index (χ0v) is 28.3. The molecule has 1 atom stereocenters. The number of benzene rings is 8. The molecule has 3 heteroatoms. The molecule has 0 spiro atoms. The van der Waals surface area contributed by atoms with Crippen LogP contribution in [0.25, 0.3) is 82.2 Å². The highest BCUT2D eigenvalue weighted by Crippen LogP contribution is 2.41. The molecule has 1 N–H and O–H groups in total. The molecule has 0 bridgehead atoms. The first kappa shape index (κ1) is 28.9. The van der Waals surface area contributed by atoms with E-state index in [9.17, 15) is 0 Å². The summed E-state index contributed by atoms with van der Waals surface area (Å²) in [4.78, 5) is 0. The van der Waals surface area contributed by atoms with Gasteiger partial charge in [-0.1, -0.05) is 133 Å². The van der Waals surface area contributed by atoms with E-state index in [0.29, 0.717) is 0 Å². The number of dihydropyridines is 1. The standard InChI is InChI=1S/C49H32N2O/c1-2-13-34(14-3-1)42-29-35(30-43(50-42)41-19-10-18-40-39-17-8-9-20-46(39)52-49(40)41)31-21-25-36(26-22-31)51-44-27-23-32-11-4-6-15-37(32)47(44)48-38-16-7-5-12-33(38)24-28-45(48)51/h1-30,42,50H. The topological polar surface area (TPSA) is 30.1 Å². The number of furan rings is 1. The molecule has 0 saturated heterocycles. The van der Waals surface area contributed by atoms with Crippen LogP contribution in [0.2, 0.25) is 0 Å². The Morgan fingerprint density at radius 1 is 0.500 bits per heavy atom. The number of allylic oxidation sites excluding steroid dienone is 2. The third-order valence-corrected chi connectivity index (χ3v) is 10.8. The highest BCUT2D eigenvalue weighted by Gasteiger charge is 2.22. The van der Waals surface area contributed by atoms with Crippen LogP contribution in [-0.2, 0) is 0 Å². The van der Waals surface area contributed by atoms with Gasteiger partial charge >= 0.3 is 0 Å². The van der Waals surface area contributed by atoms with Crippen molar-refractivity contribution in [2.45, 2.75) is 6.04 Å². The molecular formula is C49H32N2O. The monoisotopic (exact) mass is 664 g/mol. The maximum Gasteiger partial charge on any atom is 0.144 e. The summed E-state index contributed by atoms with van der Waals surface area (Å²) in [6.45, 7) is 0. The van der Waals surface area contributed by atoms with Gasteiger partial charge in [0.15, 0.2) is 0 Å². The second-order valence-electron chi connectivity index (χ2n) is 13.7. The first-order chi connectivity index (χ1) is 25.8. The smallest absolute Gasteiger partial charge is 0.144 e. The number of nitrogens with one attached hydrogen (secondary N) is 1. The molecule has 10 aromatic rings. The Hall–Kier alpha value is -6.84. The number of nitrogens with zero attached hydrogens (tertiary/aromatic N) is 1. The van der Waals surface area contributed by atoms with Gasteiger partial charge in [0, 0.05) is 38.5 Å². The molecule has 0 saturated carbocycles. The zero-order valence-electron chi connectivity index (χ0n) is 28.3. The van der Waals surface area contributed by atoms with E-state index in [4.69, 9.17) is 4.42 Å². The third kappa shape index (κ3) is 4.39. The van der Waals surface area contributed by atoms with Gasteiger partial charge in [-0.3, -0.25) is 0 Å². The van der Waals surface area contributed by atoms with Gasteiger partial charge in [-0.15, -0.1) is 0 Å². The van der Waals surface area contributed by atoms with Gasteiger partial charge in [-0.05, 0) is 86.8 Å². The van der Waals surface area contributed by atoms with E-state index in [1.807, 2.05) is 12.1 Å². The Balaban J connectivity index is 1.08. The summed E-state index contributed by atoms with van der Waals surface area (Å²) < 4.78 is 8.93. The third-order valence-electron chi connectivity index (χ3n) is 10.8. The van der Waals surface area contributed by atoms with Crippen molar-refractivity contribution in [2.24, 2.45) is 0 Å². The van der Waals surface area contributed by atoms with Gasteiger partial charge in [-0.2, -0.15) is 0 Å². The van der Waals surface area contributed by atoms with E-state index in [2.05, 4.69) is 180 Å². The van der Waals surface area contributed by atoms with Crippen LogP contribution in [0.3, 0.4) is 0 Å². The quantitative estimate of drug-likeness (QED) is 0.203. The van der Waals surface area contributed by atoms with Crippen molar-refractivity contribution in [3.8, 4) is 5.69 Å². The highest BCUT2D eigenvalue weighted by atomic mass is 16.3. The lowest BCUT2D eigenvalue weighted by Crippen LogP contribution is -2.21. The van der Waals surface area contributed by atoms with E-state index >= 15 is 0 Å². The minimum absolute atomic E-state index is 0.00518. The lowest BCUT2D eigenvalue weighted by atomic mass is 9.93. The summed E-state index contributed by atoms with van der Waals surface area (Å²) in [6, 6.07) is 61.0. The molecule has 1 aliphatic rings. The maximum absolute atomic E-state index is 6.50. The number of hydrogen-bond donors (Lipinski definition) is 1. The molecule has 0 amide bonds. The lowest BCUT2D eigenvalue weighted by molar-refractivity contribution is 0.665. The molecule has 11 rings (SSSR count). The second kappa shape index (κ2) is 11.3. The summed E-state index contributed by atoms with van der Waals surface area (Å²) in [5.74, 6) is 0. The van der Waals surface area contributed by atoms with E-state index < -0.39 is 0 Å². The first-order valence-electron chi connectivity index (χ1n) is 17.9. The second-order valence-corrected chi connectivity index (χ2v) is 13.7. The maximum atomic E-state index is 6.50. The summed E-state index contributed by atoms with van der Waals surface area (Å²) in [5.41, 5.74) is 11.0. The van der Waals surface area contributed by atoms with Crippen LogP contribution in [0.1, 0.15) is 22.7 Å². The highest BCUT2D eigenvalue weighted by molar-refractivity contribution is 6.28. The Kier molecular flexibility index (Phi) is 6.31. The van der Waals surface area contributed by atoms with Crippen LogP contribution in [-0.4, -0.2) is 4.57 Å². The van der Waals surface area contributed by atoms with Gasteiger partial charge in [0.05, 0.1) is 17.1 Å². The molecule has 0 fully saturated rings. The van der Waals surface area contributed by atoms with Crippen molar-refractivity contribution in [3.63, 3.8) is 0 Å². The van der Waals surface area contributed by atoms with Crippen molar-refractivity contribution in [1.82, 2.24) is 9.88 Å². The Labute approximate surface area is 300 Å². The predicted molar refractivity (Wildman–Crippen MR) is 218 cm³/mol. The fraction of sp³-hybridized carbons (Fsp3) is 0.0204. The normalized spacial score (nSPS) is 14.7. The molecule has 52 heavy (non-hydrogen) atoms. The molecule has 2 aromatic heterocycles. The van der Waals surface area contributed by atoms with Crippen molar-refractivity contribution in [1.29, 1.82) is 0 Å². The molecule has 3 nitrogen and oxygen atoms in total. The Morgan fingerprint density at radius 2 is 1.12 bits per heavy atom. The van der Waals surface area contributed by atoms with Crippen molar-refractivity contribution >= 4 is 76.6 Å². The van der Waals surface area contributed by atoms with Gasteiger partial charge in [0.25, 0.3) is 0 Å². The van der Waals surface area contributed by atoms with Gasteiger partial charge in [-0.25, -0.2) is 0 Å². The minimum atomic E-state index is -0.00518. The van der Waals surface area contributed by atoms with Crippen molar-refractivity contribution in [2.75, 3.05) is 0 Å². The fourth-order valence-corrected chi connectivity index (χ4v) is 8.40. The molecule has 244 valence electrons. The average molecular weight is 665 g/mol. The molecule has 8 aromatic carbocycles. The average Bonchev–Trinajstić information content (AvgIpc) is 3.78. The van der Waals surface area contributed by atoms with Crippen LogP contribution < -0.4 is 5.32 Å². The molecule has 1 aliphatic heterocycles.